The zero-order valence-corrected chi connectivity index (χ0v) is 18.6. The summed E-state index contributed by atoms with van der Waals surface area (Å²) in [6.07, 6.45) is 0.394. The molecule has 0 aromatic heterocycles. The number of ether oxygens (including phenoxy) is 3. The van der Waals surface area contributed by atoms with Crippen molar-refractivity contribution >= 4 is 27.3 Å². The van der Waals surface area contributed by atoms with Crippen LogP contribution in [0.5, 0.6) is 17.2 Å². The second kappa shape index (κ2) is 9.14. The summed E-state index contributed by atoms with van der Waals surface area (Å²) in [4.78, 5) is 14.9. The predicted octanol–water partition coefficient (Wildman–Crippen LogP) is 3.20. The van der Waals surface area contributed by atoms with Crippen molar-refractivity contribution in [3.8, 4) is 17.2 Å². The first-order chi connectivity index (χ1) is 14.3. The molecule has 2 aromatic rings. The number of rotatable bonds is 7. The second-order valence-electron chi connectivity index (χ2n) is 7.03. The highest BCUT2D eigenvalue weighted by Gasteiger charge is 2.35. The summed E-state index contributed by atoms with van der Waals surface area (Å²) in [7, 11) is 1.40. The van der Waals surface area contributed by atoms with Crippen molar-refractivity contribution in [2.24, 2.45) is 0 Å². The summed E-state index contributed by atoms with van der Waals surface area (Å²) in [5.41, 5.74) is 1.16. The number of nitrogens with zero attached hydrogens (tertiary/aromatic N) is 1. The van der Waals surface area contributed by atoms with E-state index in [4.69, 9.17) is 25.8 Å². The van der Waals surface area contributed by atoms with Gasteiger partial charge in [-0.3, -0.25) is 4.79 Å². The molecule has 0 unspecified atom stereocenters. The SMILES string of the molecule is COc1ccc(C(=O)N(Cc2ccc(OC)c(OC)c2)[C@@H]2CCS(=O)(=O)C2)cc1Cl. The van der Waals surface area contributed by atoms with Gasteiger partial charge in [0.1, 0.15) is 5.75 Å². The van der Waals surface area contributed by atoms with Gasteiger partial charge in [-0.05, 0) is 42.3 Å². The number of halogens is 1. The number of carbonyl (C=O) groups excluding carboxylic acids is 1. The smallest absolute Gasteiger partial charge is 0.254 e. The summed E-state index contributed by atoms with van der Waals surface area (Å²) in [6.45, 7) is 0.225. The van der Waals surface area contributed by atoms with Crippen molar-refractivity contribution in [2.45, 2.75) is 19.0 Å². The van der Waals surface area contributed by atoms with Crippen LogP contribution >= 0.6 is 11.6 Å². The van der Waals surface area contributed by atoms with Crippen LogP contribution in [0.4, 0.5) is 0 Å². The van der Waals surface area contributed by atoms with Crippen molar-refractivity contribution in [3.05, 3.63) is 52.5 Å². The number of carbonyl (C=O) groups is 1. The van der Waals surface area contributed by atoms with Gasteiger partial charge >= 0.3 is 0 Å². The Kier molecular flexibility index (Phi) is 6.77. The molecule has 2 aromatic carbocycles. The lowest BCUT2D eigenvalue weighted by Crippen LogP contribution is -2.40. The maximum Gasteiger partial charge on any atom is 0.254 e. The highest BCUT2D eigenvalue weighted by molar-refractivity contribution is 7.91. The molecule has 1 saturated heterocycles. The molecule has 30 heavy (non-hydrogen) atoms. The van der Waals surface area contributed by atoms with Gasteiger partial charge in [-0.25, -0.2) is 8.42 Å². The zero-order valence-electron chi connectivity index (χ0n) is 17.1. The predicted molar refractivity (Wildman–Crippen MR) is 114 cm³/mol. The van der Waals surface area contributed by atoms with Crippen molar-refractivity contribution in [1.29, 1.82) is 0 Å². The first-order valence-corrected chi connectivity index (χ1v) is 11.5. The van der Waals surface area contributed by atoms with Crippen LogP contribution in [0.15, 0.2) is 36.4 Å². The molecule has 1 fully saturated rings. The molecule has 1 atom stereocenters. The normalized spacial score (nSPS) is 17.4. The van der Waals surface area contributed by atoms with Crippen molar-refractivity contribution in [2.75, 3.05) is 32.8 Å². The van der Waals surface area contributed by atoms with E-state index in [1.807, 2.05) is 6.07 Å². The summed E-state index contributed by atoms with van der Waals surface area (Å²) in [6, 6.07) is 9.72. The highest BCUT2D eigenvalue weighted by atomic mass is 35.5. The molecular weight excluding hydrogens is 430 g/mol. The Bertz CT molecular complexity index is 1040. The highest BCUT2D eigenvalue weighted by Crippen LogP contribution is 2.31. The fourth-order valence-electron chi connectivity index (χ4n) is 3.53. The number of hydrogen-bond donors (Lipinski definition) is 0. The van der Waals surface area contributed by atoms with Crippen LogP contribution in [-0.2, 0) is 16.4 Å². The molecule has 3 rings (SSSR count). The average molecular weight is 454 g/mol. The van der Waals surface area contributed by atoms with Crippen LogP contribution in [0.2, 0.25) is 5.02 Å². The van der Waals surface area contributed by atoms with Gasteiger partial charge in [0.2, 0.25) is 0 Å². The van der Waals surface area contributed by atoms with Gasteiger partial charge in [-0.2, -0.15) is 0 Å². The van der Waals surface area contributed by atoms with Gasteiger partial charge in [0.15, 0.2) is 21.3 Å². The molecule has 0 N–H and O–H groups in total. The van der Waals surface area contributed by atoms with Crippen molar-refractivity contribution < 1.29 is 27.4 Å². The van der Waals surface area contributed by atoms with E-state index in [0.717, 1.165) is 5.56 Å². The number of benzene rings is 2. The van der Waals surface area contributed by atoms with Gasteiger partial charge in [0.05, 0.1) is 37.9 Å². The third-order valence-electron chi connectivity index (χ3n) is 5.11. The molecule has 1 heterocycles. The molecular formula is C21H24ClNO6S. The van der Waals surface area contributed by atoms with Crippen LogP contribution in [0, 0.1) is 0 Å². The minimum atomic E-state index is -3.18. The lowest BCUT2D eigenvalue weighted by Gasteiger charge is -2.29. The Morgan fingerprint density at radius 1 is 1.03 bits per heavy atom. The van der Waals surface area contributed by atoms with E-state index in [-0.39, 0.29) is 24.0 Å². The van der Waals surface area contributed by atoms with E-state index in [1.165, 1.54) is 20.3 Å². The molecule has 9 heteroatoms. The maximum atomic E-state index is 13.4. The van der Waals surface area contributed by atoms with Crippen LogP contribution in [0.1, 0.15) is 22.3 Å². The Labute approximate surface area is 181 Å². The standard InChI is InChI=1S/C21H24ClNO6S/c1-27-18-7-5-15(11-17(18)22)21(24)23(16-8-9-30(25,26)13-16)12-14-4-6-19(28-2)20(10-14)29-3/h4-7,10-11,16H,8-9,12-13H2,1-3H3/t16-/m1/s1. The lowest BCUT2D eigenvalue weighted by molar-refractivity contribution is 0.0680. The fourth-order valence-corrected chi connectivity index (χ4v) is 5.52. The van der Waals surface area contributed by atoms with Crippen molar-refractivity contribution in [3.63, 3.8) is 0 Å². The van der Waals surface area contributed by atoms with Gasteiger partial charge < -0.3 is 19.1 Å². The van der Waals surface area contributed by atoms with E-state index in [1.54, 1.807) is 36.3 Å². The monoisotopic (exact) mass is 453 g/mol. The molecule has 0 aliphatic carbocycles. The molecule has 1 aliphatic heterocycles. The number of methoxy groups -OCH3 is 3. The first kappa shape index (κ1) is 22.2. The molecule has 1 amide bonds. The van der Waals surface area contributed by atoms with Crippen LogP contribution in [-0.4, -0.2) is 58.1 Å². The summed E-state index contributed by atoms with van der Waals surface area (Å²) in [5, 5.41) is 0.313. The summed E-state index contributed by atoms with van der Waals surface area (Å²) >= 11 is 6.19. The van der Waals surface area contributed by atoms with Crippen LogP contribution < -0.4 is 14.2 Å². The molecule has 0 bridgehead atoms. The third kappa shape index (κ3) is 4.82. The van der Waals surface area contributed by atoms with E-state index in [0.29, 0.717) is 34.3 Å². The Morgan fingerprint density at radius 2 is 1.70 bits per heavy atom. The largest absolute Gasteiger partial charge is 0.495 e. The van der Waals surface area contributed by atoms with E-state index < -0.39 is 15.9 Å². The third-order valence-corrected chi connectivity index (χ3v) is 7.16. The molecule has 1 aliphatic rings. The van der Waals surface area contributed by atoms with Crippen LogP contribution in [0.3, 0.4) is 0 Å². The van der Waals surface area contributed by atoms with E-state index >= 15 is 0 Å². The van der Waals surface area contributed by atoms with Gasteiger partial charge in [-0.1, -0.05) is 17.7 Å². The topological polar surface area (TPSA) is 82.1 Å². The zero-order chi connectivity index (χ0) is 21.9. The maximum absolute atomic E-state index is 13.4. The fraction of sp³-hybridized carbons (Fsp3) is 0.381. The average Bonchev–Trinajstić information content (AvgIpc) is 3.10. The first-order valence-electron chi connectivity index (χ1n) is 9.34. The molecule has 162 valence electrons. The lowest BCUT2D eigenvalue weighted by atomic mass is 10.1. The minimum Gasteiger partial charge on any atom is -0.495 e. The summed E-state index contributed by atoms with van der Waals surface area (Å²) < 4.78 is 39.9. The van der Waals surface area contributed by atoms with Gasteiger partial charge in [0, 0.05) is 18.2 Å². The van der Waals surface area contributed by atoms with Crippen LogP contribution in [0.25, 0.3) is 0 Å². The van der Waals surface area contributed by atoms with E-state index in [2.05, 4.69) is 0 Å². The van der Waals surface area contributed by atoms with Gasteiger partial charge in [-0.15, -0.1) is 0 Å². The summed E-state index contributed by atoms with van der Waals surface area (Å²) in [5.74, 6) is 1.28. The minimum absolute atomic E-state index is 0.0596. The molecule has 0 radical (unpaired) electrons. The molecule has 7 nitrogen and oxygen atoms in total. The Morgan fingerprint density at radius 3 is 2.27 bits per heavy atom. The van der Waals surface area contributed by atoms with E-state index in [9.17, 15) is 13.2 Å². The second-order valence-corrected chi connectivity index (χ2v) is 9.66. The number of sulfone groups is 1. The number of hydrogen-bond acceptors (Lipinski definition) is 6. The molecule has 0 saturated carbocycles. The van der Waals surface area contributed by atoms with Gasteiger partial charge in [0.25, 0.3) is 5.91 Å². The Balaban J connectivity index is 1.95. The number of amides is 1. The molecule has 0 spiro atoms. The Hall–Kier alpha value is -2.45. The van der Waals surface area contributed by atoms with Crippen molar-refractivity contribution in [1.82, 2.24) is 4.90 Å². The quantitative estimate of drug-likeness (QED) is 0.640.